The summed E-state index contributed by atoms with van der Waals surface area (Å²) in [7, 11) is 0. The fourth-order valence-electron chi connectivity index (χ4n) is 2.52. The minimum Gasteiger partial charge on any atom is -0.320 e. The first-order valence-electron chi connectivity index (χ1n) is 7.71. The molecular formula is C17H16N4O3S. The van der Waals surface area contributed by atoms with Crippen molar-refractivity contribution in [3.05, 3.63) is 58.6 Å². The minimum absolute atomic E-state index is 0.120. The zero-order chi connectivity index (χ0) is 17.8. The molecule has 7 nitrogen and oxygen atoms in total. The van der Waals surface area contributed by atoms with Gasteiger partial charge in [-0.25, -0.2) is 4.98 Å². The lowest BCUT2D eigenvalue weighted by Crippen LogP contribution is -2.15. The topological polar surface area (TPSA) is 90.1 Å². The number of carbonyl (C=O) groups is 1. The van der Waals surface area contributed by atoms with Crippen molar-refractivity contribution >= 4 is 40.1 Å². The van der Waals surface area contributed by atoms with Crippen LogP contribution in [0.1, 0.15) is 6.92 Å². The standard InChI is InChI=1S/C17H16N4O3S/c1-2-20-14-9-5-3-7-12(14)19-17(20)25-11-16(22)18-13-8-4-6-10-15(13)21(23)24/h3-10H,2,11H2,1H3,(H,18,22). The summed E-state index contributed by atoms with van der Waals surface area (Å²) in [5.41, 5.74) is 1.97. The smallest absolute Gasteiger partial charge is 0.292 e. The van der Waals surface area contributed by atoms with Gasteiger partial charge in [0, 0.05) is 12.6 Å². The molecule has 0 atom stereocenters. The van der Waals surface area contributed by atoms with Crippen LogP contribution < -0.4 is 5.32 Å². The fraction of sp³-hybridized carbons (Fsp3) is 0.176. The lowest BCUT2D eigenvalue weighted by atomic mass is 10.2. The Morgan fingerprint density at radius 3 is 2.72 bits per heavy atom. The number of nitro groups is 1. The number of fused-ring (bicyclic) bond motifs is 1. The van der Waals surface area contributed by atoms with E-state index in [-0.39, 0.29) is 23.0 Å². The quantitative estimate of drug-likeness (QED) is 0.413. The van der Waals surface area contributed by atoms with Crippen LogP contribution in [-0.4, -0.2) is 26.1 Å². The van der Waals surface area contributed by atoms with Crippen LogP contribution in [0, 0.1) is 10.1 Å². The molecule has 1 amide bonds. The summed E-state index contributed by atoms with van der Waals surface area (Å²) < 4.78 is 2.04. The molecule has 0 saturated carbocycles. The Hall–Kier alpha value is -2.87. The van der Waals surface area contributed by atoms with Crippen LogP contribution in [0.3, 0.4) is 0 Å². The van der Waals surface area contributed by atoms with Crippen LogP contribution >= 0.6 is 11.8 Å². The first-order valence-corrected chi connectivity index (χ1v) is 8.70. The maximum absolute atomic E-state index is 12.2. The highest BCUT2D eigenvalue weighted by molar-refractivity contribution is 7.99. The van der Waals surface area contributed by atoms with Gasteiger partial charge in [0.25, 0.3) is 5.69 Å². The zero-order valence-corrected chi connectivity index (χ0v) is 14.3. The predicted octanol–water partition coefficient (Wildman–Crippen LogP) is 3.70. The summed E-state index contributed by atoms with van der Waals surface area (Å²) in [6.07, 6.45) is 0. The number of rotatable bonds is 6. The number of thioether (sulfide) groups is 1. The van der Waals surface area contributed by atoms with Crippen molar-refractivity contribution in [3.63, 3.8) is 0 Å². The van der Waals surface area contributed by atoms with E-state index in [4.69, 9.17) is 0 Å². The van der Waals surface area contributed by atoms with E-state index in [0.29, 0.717) is 0 Å². The summed E-state index contributed by atoms with van der Waals surface area (Å²) >= 11 is 1.31. The molecule has 25 heavy (non-hydrogen) atoms. The minimum atomic E-state index is -0.515. The average molecular weight is 356 g/mol. The van der Waals surface area contributed by atoms with E-state index in [2.05, 4.69) is 10.3 Å². The summed E-state index contributed by atoms with van der Waals surface area (Å²) in [5.74, 6) is -0.191. The van der Waals surface area contributed by atoms with Gasteiger partial charge < -0.3 is 9.88 Å². The largest absolute Gasteiger partial charge is 0.320 e. The molecule has 2 aromatic carbocycles. The molecule has 0 bridgehead atoms. The molecule has 1 aromatic heterocycles. The molecule has 128 valence electrons. The van der Waals surface area contributed by atoms with Crippen LogP contribution in [0.2, 0.25) is 0 Å². The Balaban J connectivity index is 1.72. The van der Waals surface area contributed by atoms with Crippen molar-refractivity contribution in [1.82, 2.24) is 9.55 Å². The molecule has 8 heteroatoms. The lowest BCUT2D eigenvalue weighted by molar-refractivity contribution is -0.383. The summed E-state index contributed by atoms with van der Waals surface area (Å²) in [6, 6.07) is 13.9. The summed E-state index contributed by atoms with van der Waals surface area (Å²) in [6.45, 7) is 2.76. The fourth-order valence-corrected chi connectivity index (χ4v) is 3.40. The number of imidazole rings is 1. The number of nitrogens with one attached hydrogen (secondary N) is 1. The Bertz CT molecular complexity index is 939. The molecule has 0 fully saturated rings. The van der Waals surface area contributed by atoms with E-state index in [1.165, 1.54) is 23.9 Å². The maximum atomic E-state index is 12.2. The van der Waals surface area contributed by atoms with Gasteiger partial charge in [0.1, 0.15) is 5.69 Å². The van der Waals surface area contributed by atoms with E-state index in [0.717, 1.165) is 22.7 Å². The molecule has 0 radical (unpaired) electrons. The highest BCUT2D eigenvalue weighted by Crippen LogP contribution is 2.26. The van der Waals surface area contributed by atoms with Gasteiger partial charge in [-0.3, -0.25) is 14.9 Å². The molecule has 1 heterocycles. The number of nitrogens with zero attached hydrogens (tertiary/aromatic N) is 3. The molecule has 0 unspecified atom stereocenters. The predicted molar refractivity (Wildman–Crippen MR) is 97.9 cm³/mol. The van der Waals surface area contributed by atoms with Crippen LogP contribution in [0.5, 0.6) is 0 Å². The number of carbonyl (C=O) groups excluding carboxylic acids is 1. The van der Waals surface area contributed by atoms with Crippen LogP contribution in [0.4, 0.5) is 11.4 Å². The van der Waals surface area contributed by atoms with Crippen molar-refractivity contribution in [3.8, 4) is 0 Å². The number of amides is 1. The molecule has 0 aliphatic carbocycles. The van der Waals surface area contributed by atoms with Gasteiger partial charge in [-0.1, -0.05) is 36.0 Å². The second kappa shape index (κ2) is 7.35. The summed E-state index contributed by atoms with van der Waals surface area (Å²) in [4.78, 5) is 27.2. The first kappa shape index (κ1) is 17.0. The first-order chi connectivity index (χ1) is 12.1. The van der Waals surface area contributed by atoms with Crippen LogP contribution in [-0.2, 0) is 11.3 Å². The van der Waals surface area contributed by atoms with Crippen molar-refractivity contribution < 1.29 is 9.72 Å². The second-order valence-corrected chi connectivity index (χ2v) is 6.18. The Morgan fingerprint density at radius 2 is 1.96 bits per heavy atom. The molecule has 0 aliphatic heterocycles. The van der Waals surface area contributed by atoms with E-state index >= 15 is 0 Å². The molecular weight excluding hydrogens is 340 g/mol. The highest BCUT2D eigenvalue weighted by atomic mass is 32.2. The third-order valence-electron chi connectivity index (χ3n) is 3.64. The molecule has 0 aliphatic rings. The van der Waals surface area contributed by atoms with Crippen molar-refractivity contribution in [2.75, 3.05) is 11.1 Å². The summed E-state index contributed by atoms with van der Waals surface area (Å²) in [5, 5.41) is 14.3. The van der Waals surface area contributed by atoms with Crippen LogP contribution in [0.25, 0.3) is 11.0 Å². The van der Waals surface area contributed by atoms with Crippen molar-refractivity contribution in [2.24, 2.45) is 0 Å². The number of aryl methyl sites for hydroxylation is 1. The highest BCUT2D eigenvalue weighted by Gasteiger charge is 2.16. The van der Waals surface area contributed by atoms with Gasteiger partial charge in [-0.15, -0.1) is 0 Å². The number of anilines is 1. The second-order valence-electron chi connectivity index (χ2n) is 5.24. The lowest BCUT2D eigenvalue weighted by Gasteiger charge is -2.07. The van der Waals surface area contributed by atoms with E-state index in [9.17, 15) is 14.9 Å². The number of benzene rings is 2. The number of hydrogen-bond donors (Lipinski definition) is 1. The molecule has 3 rings (SSSR count). The normalized spacial score (nSPS) is 10.8. The third kappa shape index (κ3) is 3.63. The van der Waals surface area contributed by atoms with Gasteiger partial charge in [0.05, 0.1) is 21.7 Å². The van der Waals surface area contributed by atoms with Gasteiger partial charge in [0.15, 0.2) is 5.16 Å². The Morgan fingerprint density at radius 1 is 1.24 bits per heavy atom. The number of para-hydroxylation sites is 4. The number of nitro benzene ring substituents is 1. The van der Waals surface area contributed by atoms with E-state index in [1.54, 1.807) is 12.1 Å². The molecule has 1 N–H and O–H groups in total. The van der Waals surface area contributed by atoms with Gasteiger partial charge in [0.2, 0.25) is 5.91 Å². The monoisotopic (exact) mass is 356 g/mol. The Kier molecular flexibility index (Phi) is 4.99. The Labute approximate surface area is 148 Å². The average Bonchev–Trinajstić information content (AvgIpc) is 2.97. The third-order valence-corrected chi connectivity index (χ3v) is 4.62. The van der Waals surface area contributed by atoms with Crippen LogP contribution in [0.15, 0.2) is 53.7 Å². The maximum Gasteiger partial charge on any atom is 0.292 e. The SMILES string of the molecule is CCn1c(SCC(=O)Nc2ccccc2[N+](=O)[O-])nc2ccccc21. The van der Waals surface area contributed by atoms with E-state index < -0.39 is 4.92 Å². The van der Waals surface area contributed by atoms with Gasteiger partial charge >= 0.3 is 0 Å². The number of hydrogen-bond acceptors (Lipinski definition) is 5. The van der Waals surface area contributed by atoms with Crippen molar-refractivity contribution in [2.45, 2.75) is 18.6 Å². The van der Waals surface area contributed by atoms with E-state index in [1.807, 2.05) is 35.8 Å². The van der Waals surface area contributed by atoms with Gasteiger partial charge in [-0.2, -0.15) is 0 Å². The van der Waals surface area contributed by atoms with Gasteiger partial charge in [-0.05, 0) is 25.1 Å². The zero-order valence-electron chi connectivity index (χ0n) is 13.5. The molecule has 0 spiro atoms. The molecule has 0 saturated heterocycles. The number of aromatic nitrogens is 2. The molecule has 3 aromatic rings. The van der Waals surface area contributed by atoms with Crippen molar-refractivity contribution in [1.29, 1.82) is 0 Å².